The summed E-state index contributed by atoms with van der Waals surface area (Å²) in [7, 11) is 0.877. The maximum Gasteiger partial charge on any atom is 0.355 e. The maximum atomic E-state index is 12.3. The smallest absolute Gasteiger partial charge is 0.355 e. The molecule has 2 rings (SSSR count). The fraction of sp³-hybridized carbons (Fsp3) is 0.467. The van der Waals surface area contributed by atoms with Crippen molar-refractivity contribution < 1.29 is 32.7 Å². The lowest BCUT2D eigenvalue weighted by Crippen LogP contribution is -2.34. The Kier molecular flexibility index (Phi) is 6.35. The topological polar surface area (TPSA) is 88.1 Å². The Morgan fingerprint density at radius 2 is 1.88 bits per heavy atom. The number of esters is 1. The Labute approximate surface area is 141 Å². The van der Waals surface area contributed by atoms with Crippen molar-refractivity contribution in [3.05, 3.63) is 35.9 Å². The number of hydrogen-bond donors (Lipinski definition) is 0. The summed E-state index contributed by atoms with van der Waals surface area (Å²) in [5.41, 5.74) is 0.350. The molecule has 1 saturated carbocycles. The number of hydrogen-bond acceptors (Lipinski definition) is 7. The second-order valence-corrected chi connectivity index (χ2v) is 7.75. The molecular formula is C15H20BO7P. The van der Waals surface area contributed by atoms with Gasteiger partial charge in [0.05, 0.1) is 5.56 Å². The Bertz CT molecular complexity index is 628. The standard InChI is InChI=1S/C15H20BO7P/c1-20-24(19,21-2)9-22-12-8-11(16)13(17)14(12)23-15(18)10-6-4-3-5-7-10/h3-7,11-12,14H,8-9,16H2,1-2H3. The van der Waals surface area contributed by atoms with Crippen LogP contribution in [0.2, 0.25) is 5.82 Å². The lowest BCUT2D eigenvalue weighted by molar-refractivity contribution is -0.129. The van der Waals surface area contributed by atoms with Gasteiger partial charge in [-0.15, -0.1) is 0 Å². The molecule has 1 fully saturated rings. The van der Waals surface area contributed by atoms with Gasteiger partial charge in [0, 0.05) is 14.2 Å². The Balaban J connectivity index is 2.06. The summed E-state index contributed by atoms with van der Waals surface area (Å²) >= 11 is 0. The van der Waals surface area contributed by atoms with E-state index in [1.807, 2.05) is 0 Å². The lowest BCUT2D eigenvalue weighted by atomic mass is 9.85. The molecule has 0 saturated heterocycles. The van der Waals surface area contributed by atoms with Crippen LogP contribution >= 0.6 is 7.60 Å². The average Bonchev–Trinajstić information content (AvgIpc) is 2.88. The zero-order valence-electron chi connectivity index (χ0n) is 13.8. The minimum atomic E-state index is -3.37. The quantitative estimate of drug-likeness (QED) is 0.416. The predicted octanol–water partition coefficient (Wildman–Crippen LogP) is 1.43. The number of ketones is 1. The average molecular weight is 354 g/mol. The van der Waals surface area contributed by atoms with E-state index < -0.39 is 25.8 Å². The van der Waals surface area contributed by atoms with Crippen LogP contribution in [0.4, 0.5) is 0 Å². The maximum absolute atomic E-state index is 12.3. The van der Waals surface area contributed by atoms with Crippen LogP contribution in [0.1, 0.15) is 16.8 Å². The van der Waals surface area contributed by atoms with Crippen LogP contribution in [0.25, 0.3) is 0 Å². The molecule has 0 aliphatic heterocycles. The number of carbonyl (C=O) groups excluding carboxylic acids is 2. The first-order chi connectivity index (χ1) is 11.4. The Morgan fingerprint density at radius 3 is 2.46 bits per heavy atom. The molecule has 9 heteroatoms. The summed E-state index contributed by atoms with van der Waals surface area (Å²) in [5, 5.41) is 0. The third-order valence-corrected chi connectivity index (χ3v) is 5.51. The summed E-state index contributed by atoms with van der Waals surface area (Å²) < 4.78 is 32.5. The molecule has 24 heavy (non-hydrogen) atoms. The first-order valence-electron chi connectivity index (χ1n) is 7.52. The highest BCUT2D eigenvalue weighted by Gasteiger charge is 2.44. The lowest BCUT2D eigenvalue weighted by Gasteiger charge is -2.21. The van der Waals surface area contributed by atoms with Gasteiger partial charge in [-0.05, 0) is 24.4 Å². The third-order valence-electron chi connectivity index (χ3n) is 3.94. The second kappa shape index (κ2) is 8.07. The molecule has 0 radical (unpaired) electrons. The zero-order chi connectivity index (χ0) is 17.7. The van der Waals surface area contributed by atoms with Crippen LogP contribution < -0.4 is 0 Å². The number of ether oxygens (including phenoxy) is 2. The highest BCUT2D eigenvalue weighted by Crippen LogP contribution is 2.47. The van der Waals surface area contributed by atoms with Gasteiger partial charge in [0.2, 0.25) is 0 Å². The molecule has 0 bridgehead atoms. The first-order valence-corrected chi connectivity index (χ1v) is 9.25. The second-order valence-electron chi connectivity index (χ2n) is 5.54. The molecular weight excluding hydrogens is 334 g/mol. The zero-order valence-corrected chi connectivity index (χ0v) is 14.7. The van der Waals surface area contributed by atoms with Gasteiger partial charge in [-0.3, -0.25) is 9.36 Å². The fourth-order valence-electron chi connectivity index (χ4n) is 2.47. The molecule has 0 heterocycles. The van der Waals surface area contributed by atoms with E-state index in [1.165, 1.54) is 14.2 Å². The van der Waals surface area contributed by atoms with Gasteiger partial charge < -0.3 is 18.5 Å². The molecule has 0 N–H and O–H groups in total. The van der Waals surface area contributed by atoms with Crippen LogP contribution in [0.5, 0.6) is 0 Å². The van der Waals surface area contributed by atoms with Crippen molar-refractivity contribution in [3.63, 3.8) is 0 Å². The summed E-state index contributed by atoms with van der Waals surface area (Å²) in [6.07, 6.45) is -1.66. The van der Waals surface area contributed by atoms with E-state index in [0.29, 0.717) is 12.0 Å². The third kappa shape index (κ3) is 4.33. The highest BCUT2D eigenvalue weighted by atomic mass is 31.2. The minimum Gasteiger partial charge on any atom is -0.448 e. The molecule has 7 nitrogen and oxygen atoms in total. The van der Waals surface area contributed by atoms with E-state index in [0.717, 1.165) is 0 Å². The van der Waals surface area contributed by atoms with Crippen molar-refractivity contribution in [2.45, 2.75) is 24.4 Å². The predicted molar refractivity (Wildman–Crippen MR) is 88.9 cm³/mol. The normalized spacial score (nSPS) is 24.1. The van der Waals surface area contributed by atoms with Crippen LogP contribution in [0.3, 0.4) is 0 Å². The first kappa shape index (κ1) is 18.9. The van der Waals surface area contributed by atoms with Crippen LogP contribution in [-0.2, 0) is 27.9 Å². The molecule has 0 spiro atoms. The van der Waals surface area contributed by atoms with Gasteiger partial charge in [0.15, 0.2) is 11.9 Å². The van der Waals surface area contributed by atoms with Crippen molar-refractivity contribution in [2.24, 2.45) is 0 Å². The van der Waals surface area contributed by atoms with E-state index in [-0.39, 0.29) is 17.9 Å². The van der Waals surface area contributed by atoms with E-state index in [4.69, 9.17) is 18.5 Å². The molecule has 1 aromatic rings. The van der Waals surface area contributed by atoms with Gasteiger partial charge in [-0.1, -0.05) is 18.2 Å². The minimum absolute atomic E-state index is 0.214. The molecule has 1 aromatic carbocycles. The van der Waals surface area contributed by atoms with E-state index >= 15 is 0 Å². The molecule has 0 amide bonds. The number of rotatable bonds is 7. The summed E-state index contributed by atoms with van der Waals surface area (Å²) in [6.45, 7) is 0. The van der Waals surface area contributed by atoms with E-state index in [1.54, 1.807) is 38.2 Å². The van der Waals surface area contributed by atoms with Crippen molar-refractivity contribution in [3.8, 4) is 0 Å². The molecule has 1 aliphatic carbocycles. The van der Waals surface area contributed by atoms with Gasteiger partial charge in [0.1, 0.15) is 20.3 Å². The van der Waals surface area contributed by atoms with Gasteiger partial charge in [-0.25, -0.2) is 4.79 Å². The largest absolute Gasteiger partial charge is 0.448 e. The summed E-state index contributed by atoms with van der Waals surface area (Å²) in [5.74, 6) is -1.12. The molecule has 0 aromatic heterocycles. The van der Waals surface area contributed by atoms with Crippen molar-refractivity contribution >= 4 is 27.2 Å². The van der Waals surface area contributed by atoms with Gasteiger partial charge >= 0.3 is 13.6 Å². The number of carbonyl (C=O) groups is 2. The van der Waals surface area contributed by atoms with Crippen molar-refractivity contribution in [1.29, 1.82) is 0 Å². The SMILES string of the molecule is BC1CC(OCP(=O)(OC)OC)C(OC(=O)c2ccccc2)C1=O. The molecule has 3 unspecified atom stereocenters. The van der Waals surface area contributed by atoms with Crippen LogP contribution in [-0.4, -0.2) is 52.4 Å². The Morgan fingerprint density at radius 1 is 1.25 bits per heavy atom. The highest BCUT2D eigenvalue weighted by molar-refractivity contribution is 7.53. The summed E-state index contributed by atoms with van der Waals surface area (Å²) in [4.78, 5) is 24.4. The summed E-state index contributed by atoms with van der Waals surface area (Å²) in [6, 6.07) is 8.39. The van der Waals surface area contributed by atoms with Crippen molar-refractivity contribution in [1.82, 2.24) is 0 Å². The number of benzene rings is 1. The monoisotopic (exact) mass is 354 g/mol. The van der Waals surface area contributed by atoms with E-state index in [2.05, 4.69) is 0 Å². The Hall–Kier alpha value is -1.47. The van der Waals surface area contributed by atoms with Crippen LogP contribution in [0, 0.1) is 0 Å². The van der Waals surface area contributed by atoms with Gasteiger partial charge in [-0.2, -0.15) is 0 Å². The molecule has 3 atom stereocenters. The van der Waals surface area contributed by atoms with Crippen LogP contribution in [0.15, 0.2) is 30.3 Å². The van der Waals surface area contributed by atoms with E-state index in [9.17, 15) is 14.2 Å². The molecule has 130 valence electrons. The van der Waals surface area contributed by atoms with Crippen molar-refractivity contribution in [2.75, 3.05) is 20.6 Å². The fourth-order valence-corrected chi connectivity index (χ4v) is 3.20. The number of Topliss-reactive ketones (excluding diaryl/α,β-unsaturated/α-hetero) is 1. The van der Waals surface area contributed by atoms with Gasteiger partial charge in [0.25, 0.3) is 0 Å². The molecule has 1 aliphatic rings.